The van der Waals surface area contributed by atoms with Crippen LogP contribution in [0.4, 0.5) is 10.2 Å². The van der Waals surface area contributed by atoms with Crippen molar-refractivity contribution < 1.29 is 22.7 Å². The molecule has 4 bridgehead atoms. The Morgan fingerprint density at radius 1 is 1.26 bits per heavy atom. The molecular weight excluding hydrogens is 545 g/mol. The third kappa shape index (κ3) is 4.75. The quantitative estimate of drug-likeness (QED) is 0.544. The topological polar surface area (TPSA) is 108 Å². The minimum atomic E-state index is -3.86. The maximum absolute atomic E-state index is 13.7. The second-order valence-electron chi connectivity index (χ2n) is 12.0. The number of piperidine rings is 1. The zero-order chi connectivity index (χ0) is 27.7. The molecule has 4 saturated carbocycles. The first kappa shape index (κ1) is 27.0. The Bertz CT molecular complexity index is 1380. The number of likely N-dealkylation sites (N-methyl/N-ethyl adjacent to an activating group) is 1. The molecule has 1 amide bonds. The van der Waals surface area contributed by atoms with Crippen LogP contribution in [-0.4, -0.2) is 71.3 Å². The summed E-state index contributed by atoms with van der Waals surface area (Å²) in [5, 5.41) is 18.8. The Kier molecular flexibility index (Phi) is 6.72. The molecule has 5 aliphatic rings. The maximum Gasteiger partial charge on any atom is 0.273 e. The van der Waals surface area contributed by atoms with Gasteiger partial charge in [-0.2, -0.15) is 9.40 Å². The molecule has 1 saturated heterocycles. The first-order valence-electron chi connectivity index (χ1n) is 13.7. The molecule has 3 atom stereocenters. The molecule has 39 heavy (non-hydrogen) atoms. The number of rotatable bonds is 6. The second kappa shape index (κ2) is 9.71. The van der Waals surface area contributed by atoms with Gasteiger partial charge in [-0.15, -0.1) is 0 Å². The maximum atomic E-state index is 13.7. The number of amides is 1. The molecule has 2 unspecified atom stereocenters. The van der Waals surface area contributed by atoms with Gasteiger partial charge in [-0.3, -0.25) is 9.48 Å². The molecule has 212 valence electrons. The number of anilines is 1. The molecule has 1 aromatic heterocycles. The third-order valence-electron chi connectivity index (χ3n) is 9.39. The molecule has 0 spiro atoms. The first-order valence-corrected chi connectivity index (χ1v) is 15.5. The van der Waals surface area contributed by atoms with Gasteiger partial charge >= 0.3 is 0 Å². The SMILES string of the molecule is CN(c1c(Cl)c(C(=O)N[C@H]2C3CC4CC2C[C@](O)(C4)C3)nn1C)[C@H]1CCCN(S(=O)(=O)c2cccc(F)c2)C1. The molecule has 5 fully saturated rings. The van der Waals surface area contributed by atoms with Crippen molar-refractivity contribution in [2.24, 2.45) is 24.8 Å². The number of benzene rings is 1. The lowest BCUT2D eigenvalue weighted by Gasteiger charge is -2.58. The van der Waals surface area contributed by atoms with Crippen LogP contribution in [0.2, 0.25) is 5.02 Å². The van der Waals surface area contributed by atoms with Crippen LogP contribution in [0.1, 0.15) is 55.4 Å². The summed E-state index contributed by atoms with van der Waals surface area (Å²) in [4.78, 5) is 15.2. The average Bonchev–Trinajstić information content (AvgIpc) is 3.18. The van der Waals surface area contributed by atoms with Gasteiger partial charge in [0.2, 0.25) is 10.0 Å². The van der Waals surface area contributed by atoms with Gasteiger partial charge in [0.15, 0.2) is 5.69 Å². The highest BCUT2D eigenvalue weighted by atomic mass is 35.5. The number of nitrogens with zero attached hydrogens (tertiary/aromatic N) is 4. The second-order valence-corrected chi connectivity index (χ2v) is 14.3. The van der Waals surface area contributed by atoms with Gasteiger partial charge in [-0.1, -0.05) is 17.7 Å². The monoisotopic (exact) mass is 579 g/mol. The fourth-order valence-electron chi connectivity index (χ4n) is 7.86. The number of sulfonamides is 1. The van der Waals surface area contributed by atoms with Crippen LogP contribution >= 0.6 is 11.6 Å². The Morgan fingerprint density at radius 2 is 1.97 bits per heavy atom. The van der Waals surface area contributed by atoms with Crippen LogP contribution in [0, 0.1) is 23.6 Å². The lowest BCUT2D eigenvalue weighted by atomic mass is 9.52. The smallest absolute Gasteiger partial charge is 0.273 e. The van der Waals surface area contributed by atoms with Crippen molar-refractivity contribution in [2.45, 2.75) is 67.5 Å². The summed E-state index contributed by atoms with van der Waals surface area (Å²) in [6.45, 7) is 0.545. The average molecular weight is 580 g/mol. The van der Waals surface area contributed by atoms with Crippen molar-refractivity contribution >= 4 is 33.3 Å². The molecule has 12 heteroatoms. The summed E-state index contributed by atoms with van der Waals surface area (Å²) in [6, 6.07) is 4.84. The van der Waals surface area contributed by atoms with E-state index in [4.69, 9.17) is 11.6 Å². The van der Waals surface area contributed by atoms with E-state index in [9.17, 15) is 22.7 Å². The number of aromatic nitrogens is 2. The van der Waals surface area contributed by atoms with E-state index in [2.05, 4.69) is 10.4 Å². The number of aliphatic hydroxyl groups is 1. The van der Waals surface area contributed by atoms with Gasteiger partial charge in [0.05, 0.1) is 10.5 Å². The van der Waals surface area contributed by atoms with E-state index in [1.165, 1.54) is 22.5 Å². The Morgan fingerprint density at radius 3 is 2.64 bits per heavy atom. The number of aryl methyl sites for hydroxylation is 1. The molecule has 2 aromatic rings. The first-order chi connectivity index (χ1) is 18.4. The molecule has 9 nitrogen and oxygen atoms in total. The van der Waals surface area contributed by atoms with Crippen LogP contribution in [-0.2, 0) is 17.1 Å². The van der Waals surface area contributed by atoms with Gasteiger partial charge in [0.25, 0.3) is 5.91 Å². The van der Waals surface area contributed by atoms with Crippen LogP contribution < -0.4 is 10.2 Å². The largest absolute Gasteiger partial charge is 0.390 e. The molecule has 1 aromatic carbocycles. The number of carbonyl (C=O) groups is 1. The minimum absolute atomic E-state index is 0.00788. The Labute approximate surface area is 233 Å². The highest BCUT2D eigenvalue weighted by Gasteiger charge is 2.55. The van der Waals surface area contributed by atoms with Crippen molar-refractivity contribution in [1.29, 1.82) is 0 Å². The van der Waals surface area contributed by atoms with Gasteiger partial charge in [-0.25, -0.2) is 12.8 Å². The highest BCUT2D eigenvalue weighted by Crippen LogP contribution is 2.55. The van der Waals surface area contributed by atoms with Crippen LogP contribution in [0.5, 0.6) is 0 Å². The van der Waals surface area contributed by atoms with Crippen LogP contribution in [0.3, 0.4) is 0 Å². The van der Waals surface area contributed by atoms with Crippen molar-refractivity contribution in [3.63, 3.8) is 0 Å². The molecule has 7 rings (SSSR count). The van der Waals surface area contributed by atoms with Gasteiger partial charge in [0.1, 0.15) is 16.7 Å². The molecule has 2 N–H and O–H groups in total. The van der Waals surface area contributed by atoms with E-state index < -0.39 is 21.4 Å². The Hall–Kier alpha value is -2.21. The van der Waals surface area contributed by atoms with Crippen molar-refractivity contribution in [3.8, 4) is 0 Å². The standard InChI is InChI=1S/C27H35ClFN5O4S/c1-32(20-6-4-8-34(15-20)39(37,38)21-7-3-5-19(29)11-21)26-22(28)24(31-33(26)2)25(35)30-23-17-9-16-10-18(23)14-27(36,12-16)13-17/h3,5,7,11,16-18,20,23,36H,4,6,8-10,12-15H2,1-2H3,(H,30,35)/t16?,17?,18?,20-,23-,27-/m0/s1. The fraction of sp³-hybridized carbons (Fsp3) is 0.630. The lowest BCUT2D eigenvalue weighted by Crippen LogP contribution is -2.61. The normalized spacial score (nSPS) is 32.4. The predicted octanol–water partition coefficient (Wildman–Crippen LogP) is 3.17. The molecule has 0 radical (unpaired) electrons. The number of halogens is 2. The zero-order valence-electron chi connectivity index (χ0n) is 22.2. The summed E-state index contributed by atoms with van der Waals surface area (Å²) in [5.41, 5.74) is -0.430. The predicted molar refractivity (Wildman–Crippen MR) is 145 cm³/mol. The highest BCUT2D eigenvalue weighted by molar-refractivity contribution is 7.89. The lowest BCUT2D eigenvalue weighted by molar-refractivity contribution is -0.136. The van der Waals surface area contributed by atoms with Gasteiger partial charge in [0, 0.05) is 39.3 Å². The number of hydrogen-bond donors (Lipinski definition) is 2. The van der Waals surface area contributed by atoms with E-state index in [0.29, 0.717) is 24.7 Å². The van der Waals surface area contributed by atoms with Gasteiger partial charge < -0.3 is 15.3 Å². The molecule has 1 aliphatic heterocycles. The van der Waals surface area contributed by atoms with Gasteiger partial charge in [-0.05, 0) is 80.9 Å². The zero-order valence-corrected chi connectivity index (χ0v) is 23.8. The van der Waals surface area contributed by atoms with Crippen LogP contribution in [0.25, 0.3) is 0 Å². The van der Waals surface area contributed by atoms with E-state index >= 15 is 0 Å². The van der Waals surface area contributed by atoms with E-state index in [-0.39, 0.29) is 52.0 Å². The summed E-state index contributed by atoms with van der Waals surface area (Å²) >= 11 is 6.77. The van der Waals surface area contributed by atoms with E-state index in [1.807, 2.05) is 11.9 Å². The van der Waals surface area contributed by atoms with E-state index in [1.54, 1.807) is 11.7 Å². The van der Waals surface area contributed by atoms with Crippen LogP contribution in [0.15, 0.2) is 29.2 Å². The summed E-state index contributed by atoms with van der Waals surface area (Å²) in [5.74, 6) is 0.693. The van der Waals surface area contributed by atoms with Crippen molar-refractivity contribution in [1.82, 2.24) is 19.4 Å². The minimum Gasteiger partial charge on any atom is -0.390 e. The third-order valence-corrected chi connectivity index (χ3v) is 11.6. The fourth-order valence-corrected chi connectivity index (χ4v) is 9.79. The Balaban J connectivity index is 1.18. The summed E-state index contributed by atoms with van der Waals surface area (Å²) in [6.07, 6.45) is 5.75. The summed E-state index contributed by atoms with van der Waals surface area (Å²) in [7, 11) is -0.317. The molecular formula is C27H35ClFN5O4S. The number of carbonyl (C=O) groups excluding carboxylic acids is 1. The number of hydrogen-bond acceptors (Lipinski definition) is 6. The number of nitrogens with one attached hydrogen (secondary N) is 1. The van der Waals surface area contributed by atoms with Crippen molar-refractivity contribution in [2.75, 3.05) is 25.0 Å². The molecule has 2 heterocycles. The van der Waals surface area contributed by atoms with Crippen molar-refractivity contribution in [3.05, 3.63) is 40.8 Å². The summed E-state index contributed by atoms with van der Waals surface area (Å²) < 4.78 is 43.1. The molecule has 4 aliphatic carbocycles. The van der Waals surface area contributed by atoms with E-state index in [0.717, 1.165) is 44.6 Å².